The summed E-state index contributed by atoms with van der Waals surface area (Å²) in [6.07, 6.45) is 3.21. The van der Waals surface area contributed by atoms with Gasteiger partial charge in [0.15, 0.2) is 0 Å². The number of aromatic nitrogens is 5. The van der Waals surface area contributed by atoms with E-state index in [1.807, 2.05) is 6.92 Å². The molecule has 0 radical (unpaired) electrons. The third kappa shape index (κ3) is 3.35. The van der Waals surface area contributed by atoms with E-state index in [1.165, 1.54) is 35.5 Å². The van der Waals surface area contributed by atoms with Crippen molar-refractivity contribution < 1.29 is 18.3 Å². The Morgan fingerprint density at radius 2 is 1.83 bits per heavy atom. The molecule has 2 heterocycles. The summed E-state index contributed by atoms with van der Waals surface area (Å²) in [5, 5.41) is 20.9. The van der Waals surface area contributed by atoms with Crippen LogP contribution in [0, 0.1) is 17.5 Å². The van der Waals surface area contributed by atoms with Crippen LogP contribution < -0.4 is 0 Å². The number of rotatable bonds is 6. The quantitative estimate of drug-likeness (QED) is 0.521. The molecule has 4 aromatic rings. The number of halogens is 3. The Labute approximate surface area is 170 Å². The molecule has 9 heteroatoms. The van der Waals surface area contributed by atoms with Gasteiger partial charge in [-0.1, -0.05) is 13.0 Å². The van der Waals surface area contributed by atoms with Crippen LogP contribution in [0.2, 0.25) is 0 Å². The molecule has 2 aromatic heterocycles. The number of benzene rings is 2. The van der Waals surface area contributed by atoms with E-state index in [-0.39, 0.29) is 12.1 Å². The lowest BCUT2D eigenvalue weighted by atomic mass is 9.86. The van der Waals surface area contributed by atoms with Crippen molar-refractivity contribution in [1.29, 1.82) is 0 Å². The van der Waals surface area contributed by atoms with E-state index in [0.717, 1.165) is 12.1 Å². The summed E-state index contributed by atoms with van der Waals surface area (Å²) in [5.74, 6) is -2.03. The van der Waals surface area contributed by atoms with E-state index in [9.17, 15) is 18.3 Å². The normalized spacial score (nSPS) is 14.7. The number of fused-ring (bicyclic) bond motifs is 1. The Bertz CT molecular complexity index is 1190. The maximum Gasteiger partial charge on any atom is 0.137 e. The molecule has 0 saturated carbocycles. The molecule has 0 bridgehead atoms. The number of hydrogen-bond acceptors (Lipinski definition) is 4. The van der Waals surface area contributed by atoms with E-state index in [0.29, 0.717) is 23.0 Å². The summed E-state index contributed by atoms with van der Waals surface area (Å²) in [7, 11) is 0. The Morgan fingerprint density at radius 3 is 2.50 bits per heavy atom. The molecule has 0 unspecified atom stereocenters. The summed E-state index contributed by atoms with van der Waals surface area (Å²) in [6.45, 7) is 3.42. The highest BCUT2D eigenvalue weighted by Crippen LogP contribution is 2.38. The van der Waals surface area contributed by atoms with Gasteiger partial charge in [-0.3, -0.25) is 4.68 Å². The third-order valence-corrected chi connectivity index (χ3v) is 5.42. The molecule has 30 heavy (non-hydrogen) atoms. The average Bonchev–Trinajstić information content (AvgIpc) is 3.33. The maximum absolute atomic E-state index is 14.8. The number of nitrogens with zero attached hydrogens (tertiary/aromatic N) is 5. The van der Waals surface area contributed by atoms with Crippen molar-refractivity contribution in [2.45, 2.75) is 38.5 Å². The molecular weight excluding hydrogens is 395 g/mol. The van der Waals surface area contributed by atoms with E-state index in [1.54, 1.807) is 17.7 Å². The smallest absolute Gasteiger partial charge is 0.137 e. The monoisotopic (exact) mass is 415 g/mol. The number of aliphatic hydroxyl groups is 1. The largest absolute Gasteiger partial charge is 0.381 e. The van der Waals surface area contributed by atoms with Crippen LogP contribution in [0.1, 0.15) is 31.1 Å². The predicted molar refractivity (Wildman–Crippen MR) is 104 cm³/mol. The van der Waals surface area contributed by atoms with Gasteiger partial charge in [0.1, 0.15) is 35.7 Å². The van der Waals surface area contributed by atoms with Crippen molar-refractivity contribution in [2.24, 2.45) is 0 Å². The Balaban J connectivity index is 1.90. The second-order valence-electron chi connectivity index (χ2n) is 7.22. The van der Waals surface area contributed by atoms with Crippen LogP contribution in [0.15, 0.2) is 49.1 Å². The molecule has 0 aliphatic carbocycles. The minimum absolute atomic E-state index is 0.0975. The van der Waals surface area contributed by atoms with Gasteiger partial charge in [0.2, 0.25) is 0 Å². The van der Waals surface area contributed by atoms with Crippen molar-refractivity contribution in [3.05, 3.63) is 77.8 Å². The standard InChI is InChI=1S/C21H20F3N5O/c1-3-20-16-8-14(22)5-7-19(16)27-29(20)13(2)21(30,10-28-12-25-11-26-28)17-6-4-15(23)9-18(17)24/h4-9,11-13,30H,3,10H2,1-2H3/t13-,21-/m1/s1. The Morgan fingerprint density at radius 1 is 1.10 bits per heavy atom. The molecular formula is C21H20F3N5O. The molecule has 4 rings (SSSR count). The zero-order chi connectivity index (χ0) is 21.5. The third-order valence-electron chi connectivity index (χ3n) is 5.42. The topological polar surface area (TPSA) is 68.8 Å². The minimum atomic E-state index is -1.85. The summed E-state index contributed by atoms with van der Waals surface area (Å²) >= 11 is 0. The first-order chi connectivity index (χ1) is 14.3. The highest BCUT2D eigenvalue weighted by molar-refractivity contribution is 5.81. The van der Waals surface area contributed by atoms with Gasteiger partial charge >= 0.3 is 0 Å². The van der Waals surface area contributed by atoms with Crippen LogP contribution in [0.4, 0.5) is 13.2 Å². The van der Waals surface area contributed by atoms with Gasteiger partial charge in [0, 0.05) is 22.7 Å². The highest BCUT2D eigenvalue weighted by Gasteiger charge is 2.41. The first kappa shape index (κ1) is 20.1. The van der Waals surface area contributed by atoms with Crippen LogP contribution in [0.3, 0.4) is 0 Å². The van der Waals surface area contributed by atoms with E-state index in [4.69, 9.17) is 0 Å². The maximum atomic E-state index is 14.8. The molecule has 0 amide bonds. The van der Waals surface area contributed by atoms with Gasteiger partial charge in [-0.2, -0.15) is 10.2 Å². The number of aryl methyl sites for hydroxylation is 1. The lowest BCUT2D eigenvalue weighted by Gasteiger charge is -2.35. The van der Waals surface area contributed by atoms with Crippen LogP contribution in [0.25, 0.3) is 10.9 Å². The van der Waals surface area contributed by atoms with E-state index in [2.05, 4.69) is 15.2 Å². The Kier molecular flexibility index (Phi) is 5.07. The van der Waals surface area contributed by atoms with Crippen molar-refractivity contribution in [1.82, 2.24) is 24.5 Å². The summed E-state index contributed by atoms with van der Waals surface area (Å²) in [6, 6.07) is 6.49. The molecule has 1 N–H and O–H groups in total. The lowest BCUT2D eigenvalue weighted by molar-refractivity contribution is -0.0374. The fourth-order valence-electron chi connectivity index (χ4n) is 3.85. The lowest BCUT2D eigenvalue weighted by Crippen LogP contribution is -2.41. The van der Waals surface area contributed by atoms with Crippen molar-refractivity contribution in [3.8, 4) is 0 Å². The Hall–Kier alpha value is -3.20. The molecule has 2 atom stereocenters. The van der Waals surface area contributed by atoms with Gasteiger partial charge in [-0.25, -0.2) is 22.8 Å². The van der Waals surface area contributed by atoms with E-state index >= 15 is 0 Å². The second kappa shape index (κ2) is 7.56. The van der Waals surface area contributed by atoms with E-state index < -0.39 is 29.1 Å². The molecule has 0 aliphatic rings. The predicted octanol–water partition coefficient (Wildman–Crippen LogP) is 3.76. The van der Waals surface area contributed by atoms with Gasteiger partial charge < -0.3 is 5.11 Å². The summed E-state index contributed by atoms with van der Waals surface area (Å²) in [5.41, 5.74) is -0.699. The van der Waals surface area contributed by atoms with Crippen LogP contribution in [-0.4, -0.2) is 29.7 Å². The average molecular weight is 415 g/mol. The molecule has 6 nitrogen and oxygen atoms in total. The first-order valence-electron chi connectivity index (χ1n) is 9.50. The van der Waals surface area contributed by atoms with Crippen LogP contribution in [0.5, 0.6) is 0 Å². The number of hydrogen-bond donors (Lipinski definition) is 1. The van der Waals surface area contributed by atoms with Crippen LogP contribution in [-0.2, 0) is 18.6 Å². The fraction of sp³-hybridized carbons (Fsp3) is 0.286. The molecule has 2 aromatic carbocycles. The molecule has 0 aliphatic heterocycles. The van der Waals surface area contributed by atoms with Crippen molar-refractivity contribution in [3.63, 3.8) is 0 Å². The van der Waals surface area contributed by atoms with Gasteiger partial charge in [0.25, 0.3) is 0 Å². The first-order valence-corrected chi connectivity index (χ1v) is 9.50. The summed E-state index contributed by atoms with van der Waals surface area (Å²) < 4.78 is 45.1. The molecule has 156 valence electrons. The van der Waals surface area contributed by atoms with Crippen molar-refractivity contribution in [2.75, 3.05) is 0 Å². The van der Waals surface area contributed by atoms with Gasteiger partial charge in [-0.05, 0) is 37.6 Å². The fourth-order valence-corrected chi connectivity index (χ4v) is 3.85. The highest BCUT2D eigenvalue weighted by atomic mass is 19.1. The summed E-state index contributed by atoms with van der Waals surface area (Å²) in [4.78, 5) is 3.87. The zero-order valence-electron chi connectivity index (χ0n) is 16.4. The minimum Gasteiger partial charge on any atom is -0.381 e. The van der Waals surface area contributed by atoms with Crippen LogP contribution >= 0.6 is 0 Å². The second-order valence-corrected chi connectivity index (χ2v) is 7.22. The van der Waals surface area contributed by atoms with Gasteiger partial charge in [0.05, 0.1) is 18.1 Å². The molecule has 0 spiro atoms. The van der Waals surface area contributed by atoms with Crippen molar-refractivity contribution >= 4 is 10.9 Å². The SMILES string of the molecule is CCc1c2cc(F)ccc2nn1[C@H](C)[C@](O)(Cn1cncn1)c1ccc(F)cc1F. The van der Waals surface area contributed by atoms with Gasteiger partial charge in [-0.15, -0.1) is 0 Å². The molecule has 0 fully saturated rings. The molecule has 0 saturated heterocycles. The zero-order valence-corrected chi connectivity index (χ0v) is 16.4.